The predicted octanol–water partition coefficient (Wildman–Crippen LogP) is 3.70. The second kappa shape index (κ2) is 6.11. The third kappa shape index (κ3) is 3.21. The van der Waals surface area contributed by atoms with Crippen LogP contribution in [0.2, 0.25) is 0 Å². The zero-order valence-electron chi connectivity index (χ0n) is 15.0. The van der Waals surface area contributed by atoms with Crippen LogP contribution >= 0.6 is 0 Å². The van der Waals surface area contributed by atoms with Crippen LogP contribution in [0.3, 0.4) is 0 Å². The Morgan fingerprint density at radius 2 is 1.65 bits per heavy atom. The van der Waals surface area contributed by atoms with E-state index in [4.69, 9.17) is 14.6 Å². The molecule has 0 aliphatic heterocycles. The number of rotatable bonds is 6. The molecule has 8 heteroatoms. The van der Waals surface area contributed by atoms with Crippen molar-refractivity contribution < 1.29 is 37.3 Å². The molecule has 1 N–H and O–H groups in total. The summed E-state index contributed by atoms with van der Waals surface area (Å²) in [4.78, 5) is 23.4. The molecule has 0 heterocycles. The minimum Gasteiger partial charge on any atom is -0.480 e. The van der Waals surface area contributed by atoms with E-state index in [2.05, 4.69) is 0 Å². The molecule has 4 aliphatic carbocycles. The van der Waals surface area contributed by atoms with Crippen molar-refractivity contribution in [3.8, 4) is 0 Å². The molecule has 5 nitrogen and oxygen atoms in total. The van der Waals surface area contributed by atoms with E-state index in [0.717, 1.165) is 13.3 Å². The minimum atomic E-state index is -4.68. The first kappa shape index (κ1) is 19.5. The third-order valence-electron chi connectivity index (χ3n) is 6.55. The summed E-state index contributed by atoms with van der Waals surface area (Å²) in [5, 5.41) is 8.92. The Morgan fingerprint density at radius 3 is 2.12 bits per heavy atom. The molecule has 3 atom stereocenters. The molecular weight excluding hydrogens is 353 g/mol. The van der Waals surface area contributed by atoms with Crippen LogP contribution in [0.25, 0.3) is 0 Å². The average molecular weight is 378 g/mol. The highest BCUT2D eigenvalue weighted by atomic mass is 19.4. The van der Waals surface area contributed by atoms with Crippen molar-refractivity contribution in [1.82, 2.24) is 0 Å². The van der Waals surface area contributed by atoms with Gasteiger partial charge in [-0.25, -0.2) is 4.79 Å². The van der Waals surface area contributed by atoms with Crippen molar-refractivity contribution in [2.24, 2.45) is 17.3 Å². The molecule has 0 aromatic heterocycles. The van der Waals surface area contributed by atoms with Gasteiger partial charge in [0, 0.05) is 6.42 Å². The summed E-state index contributed by atoms with van der Waals surface area (Å²) in [6.45, 7) is 1.76. The fourth-order valence-corrected chi connectivity index (χ4v) is 5.37. The second-order valence-electron chi connectivity index (χ2n) is 8.58. The topological polar surface area (TPSA) is 72.8 Å². The van der Waals surface area contributed by atoms with E-state index in [1.54, 1.807) is 0 Å². The molecule has 0 aromatic carbocycles. The van der Waals surface area contributed by atoms with Gasteiger partial charge in [-0.1, -0.05) is 6.92 Å². The SMILES string of the molecule is CCC(C)(C(=O)OC12CC3CC(CC(OCC(=O)O)(C3)C1)C2)C(F)(F)F. The van der Waals surface area contributed by atoms with E-state index >= 15 is 0 Å². The van der Waals surface area contributed by atoms with Crippen molar-refractivity contribution in [2.45, 2.75) is 76.2 Å². The number of halogens is 3. The van der Waals surface area contributed by atoms with E-state index in [1.165, 1.54) is 6.92 Å². The number of esters is 1. The summed E-state index contributed by atoms with van der Waals surface area (Å²) in [5.74, 6) is -1.93. The molecule has 0 saturated heterocycles. The molecule has 0 aromatic rings. The Balaban J connectivity index is 1.81. The largest absolute Gasteiger partial charge is 0.480 e. The van der Waals surface area contributed by atoms with E-state index in [1.807, 2.05) is 0 Å². The number of hydrogen-bond acceptors (Lipinski definition) is 4. The quantitative estimate of drug-likeness (QED) is 0.714. The smallest absolute Gasteiger partial charge is 0.404 e. The van der Waals surface area contributed by atoms with Crippen molar-refractivity contribution >= 4 is 11.9 Å². The van der Waals surface area contributed by atoms with Crippen LogP contribution in [0.5, 0.6) is 0 Å². The average Bonchev–Trinajstić information content (AvgIpc) is 2.49. The molecule has 4 bridgehead atoms. The van der Waals surface area contributed by atoms with Crippen LogP contribution in [0.4, 0.5) is 13.2 Å². The van der Waals surface area contributed by atoms with Crippen molar-refractivity contribution in [2.75, 3.05) is 6.61 Å². The van der Waals surface area contributed by atoms with Gasteiger partial charge in [0.1, 0.15) is 12.2 Å². The van der Waals surface area contributed by atoms with Crippen LogP contribution in [-0.2, 0) is 19.1 Å². The standard InChI is InChI=1S/C18H25F3O5/c1-3-15(2,18(19,20)21)14(24)26-17-7-11-4-12(8-17)6-16(5-11,10-17)25-9-13(22)23/h11-12H,3-10H2,1-2H3,(H,22,23). The predicted molar refractivity (Wildman–Crippen MR) is 84.3 cm³/mol. The lowest BCUT2D eigenvalue weighted by molar-refractivity contribution is -0.261. The minimum absolute atomic E-state index is 0.191. The second-order valence-corrected chi connectivity index (χ2v) is 8.58. The van der Waals surface area contributed by atoms with E-state index in [-0.39, 0.29) is 24.7 Å². The molecule has 4 fully saturated rings. The Bertz CT molecular complexity index is 588. The van der Waals surface area contributed by atoms with E-state index in [0.29, 0.717) is 25.7 Å². The Kier molecular flexibility index (Phi) is 4.57. The van der Waals surface area contributed by atoms with Gasteiger partial charge in [0.05, 0.1) is 5.60 Å². The maximum Gasteiger partial charge on any atom is 0.404 e. The van der Waals surface area contributed by atoms with E-state index in [9.17, 15) is 22.8 Å². The Morgan fingerprint density at radius 1 is 1.12 bits per heavy atom. The number of carboxylic acid groups (broad SMARTS) is 1. The summed E-state index contributed by atoms with van der Waals surface area (Å²) >= 11 is 0. The molecular formula is C18H25F3O5. The number of carbonyl (C=O) groups is 2. The summed E-state index contributed by atoms with van der Waals surface area (Å²) in [5.41, 5.74) is -4.21. The van der Waals surface area contributed by atoms with Crippen LogP contribution in [-0.4, -0.2) is 41.0 Å². The zero-order valence-corrected chi connectivity index (χ0v) is 15.0. The van der Waals surface area contributed by atoms with Gasteiger partial charge >= 0.3 is 18.1 Å². The maximum absolute atomic E-state index is 13.4. The lowest BCUT2D eigenvalue weighted by Gasteiger charge is -2.60. The lowest BCUT2D eigenvalue weighted by Crippen LogP contribution is -2.62. The molecule has 0 amide bonds. The fraction of sp³-hybridized carbons (Fsp3) is 0.889. The number of hydrogen-bond donors (Lipinski definition) is 1. The van der Waals surface area contributed by atoms with Gasteiger partial charge in [-0.05, 0) is 57.3 Å². The summed E-state index contributed by atoms with van der Waals surface area (Å²) in [6.07, 6.45) is -1.43. The van der Waals surface area contributed by atoms with E-state index < -0.39 is 41.3 Å². The highest BCUT2D eigenvalue weighted by molar-refractivity contribution is 5.78. The van der Waals surface area contributed by atoms with Gasteiger partial charge < -0.3 is 14.6 Å². The van der Waals surface area contributed by atoms with Crippen molar-refractivity contribution in [1.29, 1.82) is 0 Å². The first-order valence-electron chi connectivity index (χ1n) is 9.08. The first-order valence-corrected chi connectivity index (χ1v) is 9.08. The molecule has 148 valence electrons. The highest BCUT2D eigenvalue weighted by Crippen LogP contribution is 2.60. The first-order chi connectivity index (χ1) is 11.9. The Hall–Kier alpha value is -1.31. The summed E-state index contributed by atoms with van der Waals surface area (Å²) < 4.78 is 51.5. The summed E-state index contributed by atoms with van der Waals surface area (Å²) in [6, 6.07) is 0. The summed E-state index contributed by atoms with van der Waals surface area (Å²) in [7, 11) is 0. The Labute approximate surface area is 150 Å². The van der Waals surface area contributed by atoms with Gasteiger partial charge in [-0.3, -0.25) is 4.79 Å². The fourth-order valence-electron chi connectivity index (χ4n) is 5.37. The number of alkyl halides is 3. The molecule has 4 rings (SSSR count). The number of carbonyl (C=O) groups excluding carboxylic acids is 1. The van der Waals surface area contributed by atoms with Crippen molar-refractivity contribution in [3.63, 3.8) is 0 Å². The monoisotopic (exact) mass is 378 g/mol. The van der Waals surface area contributed by atoms with Crippen LogP contribution in [0.1, 0.15) is 58.8 Å². The molecule has 0 radical (unpaired) electrons. The van der Waals surface area contributed by atoms with Gasteiger partial charge in [-0.15, -0.1) is 0 Å². The molecule has 4 aliphatic rings. The van der Waals surface area contributed by atoms with Gasteiger partial charge in [-0.2, -0.15) is 13.2 Å². The van der Waals surface area contributed by atoms with Gasteiger partial charge in [0.25, 0.3) is 0 Å². The van der Waals surface area contributed by atoms with Crippen LogP contribution in [0, 0.1) is 17.3 Å². The van der Waals surface area contributed by atoms with Gasteiger partial charge in [0.2, 0.25) is 0 Å². The molecule has 4 saturated carbocycles. The number of aliphatic carboxylic acids is 1. The van der Waals surface area contributed by atoms with Crippen molar-refractivity contribution in [3.05, 3.63) is 0 Å². The lowest BCUT2D eigenvalue weighted by atomic mass is 9.52. The zero-order chi connectivity index (χ0) is 19.4. The molecule has 0 spiro atoms. The molecule has 26 heavy (non-hydrogen) atoms. The number of carboxylic acids is 1. The normalized spacial score (nSPS) is 38.0. The van der Waals surface area contributed by atoms with Crippen LogP contribution < -0.4 is 0 Å². The maximum atomic E-state index is 13.4. The molecule has 3 unspecified atom stereocenters. The third-order valence-corrected chi connectivity index (χ3v) is 6.55. The number of ether oxygens (including phenoxy) is 2. The van der Waals surface area contributed by atoms with Gasteiger partial charge in [0.15, 0.2) is 5.41 Å². The van der Waals surface area contributed by atoms with Crippen LogP contribution in [0.15, 0.2) is 0 Å². The highest BCUT2D eigenvalue weighted by Gasteiger charge is 2.63.